The fraction of sp³-hybridized carbons (Fsp3) is 0.909. The molecule has 0 aliphatic carbocycles. The highest BCUT2D eigenvalue weighted by Gasteiger charge is 2.18. The van der Waals surface area contributed by atoms with E-state index in [1.807, 2.05) is 4.90 Å². The van der Waals surface area contributed by atoms with E-state index < -0.39 is 0 Å². The van der Waals surface area contributed by atoms with Crippen molar-refractivity contribution in [3.05, 3.63) is 0 Å². The number of hydrogen-bond donors (Lipinski definition) is 0. The summed E-state index contributed by atoms with van der Waals surface area (Å²) < 4.78 is 5.43. The van der Waals surface area contributed by atoms with Crippen molar-refractivity contribution in [2.45, 2.75) is 39.0 Å². The largest absolute Gasteiger partial charge is 0.381 e. The molecule has 1 aliphatic rings. The highest BCUT2D eigenvalue weighted by Crippen LogP contribution is 2.09. The van der Waals surface area contributed by atoms with Crippen LogP contribution in [-0.2, 0) is 9.53 Å². The van der Waals surface area contributed by atoms with E-state index in [0.29, 0.717) is 5.91 Å². The summed E-state index contributed by atoms with van der Waals surface area (Å²) in [6, 6.07) is 0. The Hall–Kier alpha value is -0.570. The Bertz CT molecular complexity index is 171. The van der Waals surface area contributed by atoms with Crippen LogP contribution < -0.4 is 0 Å². The van der Waals surface area contributed by atoms with Crippen molar-refractivity contribution in [2.75, 3.05) is 26.3 Å². The van der Waals surface area contributed by atoms with E-state index in [1.165, 1.54) is 6.42 Å². The second kappa shape index (κ2) is 6.82. The molecule has 1 rings (SSSR count). The van der Waals surface area contributed by atoms with E-state index in [-0.39, 0.29) is 0 Å². The fourth-order valence-corrected chi connectivity index (χ4v) is 1.65. The molecule has 0 radical (unpaired) electrons. The molecule has 82 valence electrons. The van der Waals surface area contributed by atoms with Gasteiger partial charge in [0.15, 0.2) is 0 Å². The van der Waals surface area contributed by atoms with Crippen molar-refractivity contribution in [2.24, 2.45) is 0 Å². The van der Waals surface area contributed by atoms with Gasteiger partial charge in [-0.1, -0.05) is 13.3 Å². The van der Waals surface area contributed by atoms with Gasteiger partial charge in [0, 0.05) is 32.7 Å². The van der Waals surface area contributed by atoms with Gasteiger partial charge < -0.3 is 9.64 Å². The molecule has 1 saturated heterocycles. The first kappa shape index (κ1) is 11.5. The van der Waals surface area contributed by atoms with Crippen LogP contribution in [0.15, 0.2) is 0 Å². The predicted octanol–water partition coefficient (Wildman–Crippen LogP) is 1.82. The van der Waals surface area contributed by atoms with Crippen LogP contribution >= 0.6 is 0 Å². The van der Waals surface area contributed by atoms with Crippen LogP contribution in [0.4, 0.5) is 0 Å². The molecule has 0 bridgehead atoms. The fourth-order valence-electron chi connectivity index (χ4n) is 1.65. The molecule has 0 unspecified atom stereocenters. The van der Waals surface area contributed by atoms with E-state index in [9.17, 15) is 4.79 Å². The van der Waals surface area contributed by atoms with Crippen LogP contribution in [0.5, 0.6) is 0 Å². The van der Waals surface area contributed by atoms with Crippen molar-refractivity contribution in [1.82, 2.24) is 4.90 Å². The maximum Gasteiger partial charge on any atom is 0.222 e. The minimum absolute atomic E-state index is 0.318. The minimum atomic E-state index is 0.318. The number of carbonyl (C=O) groups is 1. The Balaban J connectivity index is 1.90. The molecular formula is C11H21NO2. The Morgan fingerprint density at radius 2 is 2.14 bits per heavy atom. The van der Waals surface area contributed by atoms with Gasteiger partial charge in [-0.15, -0.1) is 0 Å². The van der Waals surface area contributed by atoms with Gasteiger partial charge in [0.1, 0.15) is 0 Å². The van der Waals surface area contributed by atoms with Crippen molar-refractivity contribution >= 4 is 5.91 Å². The van der Waals surface area contributed by atoms with Crippen molar-refractivity contribution in [3.63, 3.8) is 0 Å². The third-order valence-corrected chi connectivity index (χ3v) is 2.53. The van der Waals surface area contributed by atoms with E-state index in [1.54, 1.807) is 0 Å². The summed E-state index contributed by atoms with van der Waals surface area (Å²) in [5.74, 6) is 0.318. The maximum absolute atomic E-state index is 11.2. The summed E-state index contributed by atoms with van der Waals surface area (Å²) >= 11 is 0. The van der Waals surface area contributed by atoms with Gasteiger partial charge in [-0.25, -0.2) is 0 Å². The van der Waals surface area contributed by atoms with E-state index in [0.717, 1.165) is 52.0 Å². The molecule has 1 aliphatic heterocycles. The number of ether oxygens (including phenoxy) is 1. The quantitative estimate of drug-likeness (QED) is 0.585. The highest BCUT2D eigenvalue weighted by molar-refractivity contribution is 5.77. The van der Waals surface area contributed by atoms with Gasteiger partial charge in [0.25, 0.3) is 0 Å². The van der Waals surface area contributed by atoms with Gasteiger partial charge in [0.2, 0.25) is 5.91 Å². The molecule has 1 amide bonds. The molecule has 14 heavy (non-hydrogen) atoms. The summed E-state index contributed by atoms with van der Waals surface area (Å²) in [6.45, 7) is 5.65. The molecule has 0 atom stereocenters. The molecule has 0 aromatic carbocycles. The molecule has 0 aromatic rings. The molecule has 0 spiro atoms. The summed E-state index contributed by atoms with van der Waals surface area (Å²) in [5, 5.41) is 0. The zero-order valence-electron chi connectivity index (χ0n) is 9.13. The third-order valence-electron chi connectivity index (χ3n) is 2.53. The Morgan fingerprint density at radius 3 is 2.79 bits per heavy atom. The topological polar surface area (TPSA) is 29.5 Å². The molecule has 3 heteroatoms. The predicted molar refractivity (Wildman–Crippen MR) is 56.2 cm³/mol. The summed E-state index contributed by atoms with van der Waals surface area (Å²) in [7, 11) is 0. The third kappa shape index (κ3) is 4.09. The van der Waals surface area contributed by atoms with E-state index >= 15 is 0 Å². The number of hydrogen-bond acceptors (Lipinski definition) is 2. The van der Waals surface area contributed by atoms with Crippen molar-refractivity contribution < 1.29 is 9.53 Å². The second-order valence-corrected chi connectivity index (χ2v) is 3.80. The first-order valence-electron chi connectivity index (χ1n) is 5.70. The molecule has 1 fully saturated rings. The molecule has 0 saturated carbocycles. The number of amides is 1. The van der Waals surface area contributed by atoms with Crippen LogP contribution in [-0.4, -0.2) is 37.1 Å². The molecule has 0 N–H and O–H groups in total. The number of rotatable bonds is 7. The first-order chi connectivity index (χ1) is 6.84. The van der Waals surface area contributed by atoms with Crippen LogP contribution in [0.2, 0.25) is 0 Å². The first-order valence-corrected chi connectivity index (χ1v) is 5.70. The Morgan fingerprint density at radius 1 is 1.36 bits per heavy atom. The Labute approximate surface area is 86.4 Å². The molecule has 1 heterocycles. The van der Waals surface area contributed by atoms with Crippen LogP contribution in [0, 0.1) is 0 Å². The SMILES string of the molecule is CCCCOCCCN1CCCC1=O. The number of unbranched alkanes of at least 4 members (excludes halogenated alkanes) is 1. The van der Waals surface area contributed by atoms with Crippen LogP contribution in [0.1, 0.15) is 39.0 Å². The van der Waals surface area contributed by atoms with Gasteiger partial charge in [-0.2, -0.15) is 0 Å². The van der Waals surface area contributed by atoms with E-state index in [4.69, 9.17) is 4.74 Å². The van der Waals surface area contributed by atoms with Gasteiger partial charge >= 0.3 is 0 Å². The summed E-state index contributed by atoms with van der Waals surface area (Å²) in [5.41, 5.74) is 0. The number of nitrogens with zero attached hydrogens (tertiary/aromatic N) is 1. The maximum atomic E-state index is 11.2. The smallest absolute Gasteiger partial charge is 0.222 e. The van der Waals surface area contributed by atoms with Gasteiger partial charge in [-0.05, 0) is 19.3 Å². The summed E-state index contributed by atoms with van der Waals surface area (Å²) in [4.78, 5) is 13.2. The van der Waals surface area contributed by atoms with Gasteiger partial charge in [-0.3, -0.25) is 4.79 Å². The van der Waals surface area contributed by atoms with E-state index in [2.05, 4.69) is 6.92 Å². The average Bonchev–Trinajstić information content (AvgIpc) is 2.58. The number of likely N-dealkylation sites (tertiary alicyclic amines) is 1. The van der Waals surface area contributed by atoms with Crippen molar-refractivity contribution in [3.8, 4) is 0 Å². The standard InChI is InChI=1S/C11H21NO2/c1-2-3-9-14-10-5-8-12-7-4-6-11(12)13/h2-10H2,1H3. The lowest BCUT2D eigenvalue weighted by molar-refractivity contribution is -0.127. The molecule has 0 aromatic heterocycles. The normalized spacial score (nSPS) is 16.6. The molecular weight excluding hydrogens is 178 g/mol. The van der Waals surface area contributed by atoms with Gasteiger partial charge in [0.05, 0.1) is 0 Å². The van der Waals surface area contributed by atoms with Crippen LogP contribution in [0.25, 0.3) is 0 Å². The zero-order valence-corrected chi connectivity index (χ0v) is 9.13. The zero-order chi connectivity index (χ0) is 10.2. The number of carbonyl (C=O) groups excluding carboxylic acids is 1. The van der Waals surface area contributed by atoms with Crippen LogP contribution in [0.3, 0.4) is 0 Å². The average molecular weight is 199 g/mol. The lowest BCUT2D eigenvalue weighted by atomic mass is 10.3. The minimum Gasteiger partial charge on any atom is -0.381 e. The second-order valence-electron chi connectivity index (χ2n) is 3.80. The highest BCUT2D eigenvalue weighted by atomic mass is 16.5. The summed E-state index contributed by atoms with van der Waals surface area (Å²) in [6.07, 6.45) is 5.09. The van der Waals surface area contributed by atoms with Crippen molar-refractivity contribution in [1.29, 1.82) is 0 Å². The monoisotopic (exact) mass is 199 g/mol. The lowest BCUT2D eigenvalue weighted by Gasteiger charge is -2.14. The molecule has 3 nitrogen and oxygen atoms in total. The Kier molecular flexibility index (Phi) is 5.60. The lowest BCUT2D eigenvalue weighted by Crippen LogP contribution is -2.26.